The molecule has 6 heteroatoms. The molecule has 5 aromatic rings. The van der Waals surface area contributed by atoms with E-state index in [4.69, 9.17) is 4.74 Å². The smallest absolute Gasteiger partial charge is 0.174 e. The molecular weight excluding hydrogens is 585 g/mol. The summed E-state index contributed by atoms with van der Waals surface area (Å²) < 4.78 is 8.06. The molecule has 42 heavy (non-hydrogen) atoms. The van der Waals surface area contributed by atoms with Crippen molar-refractivity contribution in [3.8, 4) is 28.0 Å². The Morgan fingerprint density at radius 3 is 1.48 bits per heavy atom. The van der Waals surface area contributed by atoms with E-state index >= 15 is 0 Å². The highest BCUT2D eigenvalue weighted by molar-refractivity contribution is 7.20. The van der Waals surface area contributed by atoms with E-state index in [0.29, 0.717) is 0 Å². The van der Waals surface area contributed by atoms with Crippen LogP contribution in [0.15, 0.2) is 36.4 Å². The predicted octanol–water partition coefficient (Wildman–Crippen LogP) is 10.7. The van der Waals surface area contributed by atoms with Crippen LogP contribution in [0.2, 0.25) is 36.3 Å². The maximum absolute atomic E-state index is 9.94. The van der Waals surface area contributed by atoms with Gasteiger partial charge in [0.2, 0.25) is 0 Å². The zero-order valence-electron chi connectivity index (χ0n) is 26.1. The zero-order chi connectivity index (χ0) is 30.1. The largest absolute Gasteiger partial charge is 0.487 e. The van der Waals surface area contributed by atoms with E-state index in [1.807, 2.05) is 0 Å². The lowest BCUT2D eigenvalue weighted by atomic mass is 9.91. The van der Waals surface area contributed by atoms with Crippen LogP contribution in [-0.4, -0.2) is 28.4 Å². The fourth-order valence-corrected chi connectivity index (χ4v) is 12.9. The van der Waals surface area contributed by atoms with Gasteiger partial charge in [-0.25, -0.2) is 0 Å². The molecule has 2 nitrogen and oxygen atoms in total. The van der Waals surface area contributed by atoms with Gasteiger partial charge in [0.1, 0.15) is 16.1 Å². The van der Waals surface area contributed by atoms with Crippen LogP contribution < -0.4 is 4.74 Å². The highest BCUT2D eigenvalue weighted by Crippen LogP contribution is 2.41. The zero-order valence-corrected chi connectivity index (χ0v) is 29.7. The lowest BCUT2D eigenvalue weighted by Crippen LogP contribution is -2.29. The highest BCUT2D eigenvalue weighted by Gasteiger charge is 2.26. The van der Waals surface area contributed by atoms with Crippen molar-refractivity contribution >= 4 is 80.5 Å². The number of hydrogen-bond acceptors (Lipinski definition) is 4. The van der Waals surface area contributed by atoms with Crippen LogP contribution in [0.3, 0.4) is 0 Å². The Balaban J connectivity index is 1.99. The van der Waals surface area contributed by atoms with Crippen molar-refractivity contribution in [1.29, 1.82) is 0 Å². The molecule has 1 N–H and O–H groups in total. The number of hydrogen-bond donors (Lipinski definition) is 1. The summed E-state index contributed by atoms with van der Waals surface area (Å²) in [5.74, 6) is 7.66. The van der Waals surface area contributed by atoms with Crippen LogP contribution in [0.4, 0.5) is 0 Å². The van der Waals surface area contributed by atoms with Gasteiger partial charge < -0.3 is 9.84 Å². The van der Waals surface area contributed by atoms with Gasteiger partial charge in [-0.2, -0.15) is 0 Å². The Kier molecular flexibility index (Phi) is 9.23. The van der Waals surface area contributed by atoms with E-state index < -0.39 is 16.1 Å². The Morgan fingerprint density at radius 2 is 1.05 bits per heavy atom. The highest BCUT2D eigenvalue weighted by atomic mass is 32.1. The minimum absolute atomic E-state index is 0.0599. The molecule has 0 bridgehead atoms. The molecule has 0 amide bonds. The van der Waals surface area contributed by atoms with Gasteiger partial charge in [0, 0.05) is 36.2 Å². The van der Waals surface area contributed by atoms with Crippen molar-refractivity contribution < 1.29 is 9.84 Å². The van der Waals surface area contributed by atoms with Crippen molar-refractivity contribution in [3.63, 3.8) is 0 Å². The Hall–Kier alpha value is -2.59. The van der Waals surface area contributed by atoms with Crippen LogP contribution in [0.1, 0.15) is 57.5 Å². The van der Waals surface area contributed by atoms with Gasteiger partial charge in [-0.15, -0.1) is 22.4 Å². The molecule has 0 aliphatic rings. The second kappa shape index (κ2) is 12.6. The number of aliphatic hydroxyl groups is 1. The molecule has 0 saturated carbocycles. The summed E-state index contributed by atoms with van der Waals surface area (Å²) in [6, 6.07) is 20.6. The van der Waals surface area contributed by atoms with Crippen LogP contribution >= 0.6 is 22.7 Å². The molecule has 0 unspecified atom stereocenters. The molecule has 0 radical (unpaired) electrons. The van der Waals surface area contributed by atoms with Crippen LogP contribution in [-0.2, 0) is 6.61 Å². The Bertz CT molecular complexity index is 1650. The summed E-state index contributed by atoms with van der Waals surface area (Å²) in [6.07, 6.45) is 0. The molecule has 0 aliphatic carbocycles. The van der Waals surface area contributed by atoms with E-state index in [0.717, 1.165) is 21.1 Å². The van der Waals surface area contributed by atoms with Crippen LogP contribution in [0.5, 0.6) is 5.06 Å². The number of fused-ring (bicyclic) bond motifs is 4. The topological polar surface area (TPSA) is 29.5 Å². The number of aliphatic hydroxyl groups excluding tert-OH is 1. The summed E-state index contributed by atoms with van der Waals surface area (Å²) in [5, 5.41) is 18.0. The van der Waals surface area contributed by atoms with E-state index in [2.05, 4.69) is 101 Å². The second-order valence-corrected chi connectivity index (χ2v) is 23.5. The van der Waals surface area contributed by atoms with E-state index in [1.54, 1.807) is 29.8 Å². The number of rotatable bonds is 8. The average Bonchev–Trinajstić information content (AvgIpc) is 3.64. The van der Waals surface area contributed by atoms with Crippen molar-refractivity contribution in [1.82, 2.24) is 0 Å². The molecule has 0 fully saturated rings. The molecular formula is C36H42O2S2Si2. The first-order chi connectivity index (χ1) is 20.3. The third kappa shape index (κ3) is 5.45. The monoisotopic (exact) mass is 626 g/mol. The third-order valence-electron chi connectivity index (χ3n) is 9.74. The minimum Gasteiger partial charge on any atom is -0.487 e. The standard InChI is InChI=1S/C36H42O2S2Si2/c1-8-41(9-2,10-3)16-14-28-30-19-25-18-27(24-37)39-34(25)22-32(30)29(15-17-42(11-4,12-5)13-6)31-20-26-21-36(38-7)40-35(26)23-33(28)31/h18-23,37H,8-13,24H2,1-7H3. The van der Waals surface area contributed by atoms with Gasteiger partial charge in [-0.1, -0.05) is 64.7 Å². The molecule has 218 valence electrons. The quantitative estimate of drug-likeness (QED) is 0.105. The molecule has 0 saturated heterocycles. The normalized spacial score (nSPS) is 12.1. The first-order valence-electron chi connectivity index (χ1n) is 15.4. The fourth-order valence-electron chi connectivity index (χ4n) is 6.19. The van der Waals surface area contributed by atoms with Gasteiger partial charge in [0.05, 0.1) is 13.7 Å². The SMILES string of the molecule is CC[Si](C#Cc1c2cc3cc(OC)sc3cc2c(C#C[Si](CC)(CC)CC)c2cc3cc(CO)sc3cc12)(CC)CC. The van der Waals surface area contributed by atoms with Crippen molar-refractivity contribution in [2.45, 2.75) is 84.4 Å². The Labute approximate surface area is 261 Å². The summed E-state index contributed by atoms with van der Waals surface area (Å²) >= 11 is 3.36. The molecule has 5 rings (SSSR count). The minimum atomic E-state index is -1.69. The first-order valence-corrected chi connectivity index (χ1v) is 22.3. The van der Waals surface area contributed by atoms with Gasteiger partial charge in [-0.3, -0.25) is 0 Å². The van der Waals surface area contributed by atoms with Crippen molar-refractivity contribution in [3.05, 3.63) is 52.4 Å². The third-order valence-corrected chi connectivity index (χ3v) is 21.3. The molecule has 2 aromatic heterocycles. The van der Waals surface area contributed by atoms with E-state index in [-0.39, 0.29) is 6.61 Å². The molecule has 0 spiro atoms. The lowest BCUT2D eigenvalue weighted by molar-refractivity contribution is 0.285. The average molecular weight is 627 g/mol. The molecule has 0 aliphatic heterocycles. The van der Waals surface area contributed by atoms with Crippen molar-refractivity contribution in [2.24, 2.45) is 0 Å². The molecule has 0 atom stereocenters. The number of benzene rings is 3. The van der Waals surface area contributed by atoms with E-state index in [9.17, 15) is 5.11 Å². The van der Waals surface area contributed by atoms with Gasteiger partial charge >= 0.3 is 0 Å². The van der Waals surface area contributed by atoms with Gasteiger partial charge in [0.25, 0.3) is 0 Å². The first kappa shape index (κ1) is 30.9. The van der Waals surface area contributed by atoms with Gasteiger partial charge in [0.15, 0.2) is 5.06 Å². The maximum atomic E-state index is 9.94. The number of ether oxygens (including phenoxy) is 1. The summed E-state index contributed by atoms with van der Waals surface area (Å²) in [7, 11) is -1.63. The van der Waals surface area contributed by atoms with E-state index in [1.165, 1.54) is 78.0 Å². The molecule has 2 heterocycles. The fraction of sp³-hybridized carbons (Fsp3) is 0.389. The van der Waals surface area contributed by atoms with Crippen LogP contribution in [0, 0.1) is 22.9 Å². The van der Waals surface area contributed by atoms with Crippen LogP contribution in [0.25, 0.3) is 41.7 Å². The maximum Gasteiger partial charge on any atom is 0.174 e. The molecule has 3 aromatic carbocycles. The summed E-state index contributed by atoms with van der Waals surface area (Å²) in [5.41, 5.74) is 10.1. The second-order valence-electron chi connectivity index (χ2n) is 11.4. The predicted molar refractivity (Wildman–Crippen MR) is 193 cm³/mol. The number of thiophene rings is 2. The summed E-state index contributed by atoms with van der Waals surface area (Å²) in [4.78, 5) is 0.987. The van der Waals surface area contributed by atoms with Gasteiger partial charge in [-0.05, 0) is 94.2 Å². The lowest BCUT2D eigenvalue weighted by Gasteiger charge is -2.21. The summed E-state index contributed by atoms with van der Waals surface area (Å²) in [6.45, 7) is 14.0. The van der Waals surface area contributed by atoms with Crippen molar-refractivity contribution in [2.75, 3.05) is 7.11 Å². The number of methoxy groups -OCH3 is 1. The Morgan fingerprint density at radius 1 is 0.619 bits per heavy atom.